The molecule has 126 valence electrons. The molecule has 2 aromatic rings. The van der Waals surface area contributed by atoms with Gasteiger partial charge in [-0.05, 0) is 60.7 Å². The Labute approximate surface area is 149 Å². The molecule has 1 N–H and O–H groups in total. The number of nitrogens with one attached hydrogen (secondary N) is 1. The van der Waals surface area contributed by atoms with E-state index < -0.39 is 11.6 Å². The summed E-state index contributed by atoms with van der Waals surface area (Å²) in [6.07, 6.45) is 1.87. The number of hydrogen-bond donors (Lipinski definition) is 1. The Balaban J connectivity index is 1.96. The van der Waals surface area contributed by atoms with Crippen molar-refractivity contribution >= 4 is 34.0 Å². The van der Waals surface area contributed by atoms with Crippen LogP contribution in [0.4, 0.5) is 8.78 Å². The highest BCUT2D eigenvalue weighted by atomic mass is 32.2. The molecule has 0 aliphatic rings. The van der Waals surface area contributed by atoms with Gasteiger partial charge in [-0.2, -0.15) is 5.10 Å². The van der Waals surface area contributed by atoms with Crippen molar-refractivity contribution in [2.24, 2.45) is 5.10 Å². The molecule has 0 bridgehead atoms. The number of benzene rings is 2. The van der Waals surface area contributed by atoms with Crippen LogP contribution in [0.25, 0.3) is 0 Å². The van der Waals surface area contributed by atoms with Crippen molar-refractivity contribution in [1.29, 1.82) is 0 Å². The summed E-state index contributed by atoms with van der Waals surface area (Å²) < 4.78 is 32.2. The number of hydrogen-bond acceptors (Lipinski definition) is 4. The molecule has 2 rings (SSSR count). The molecule has 0 spiro atoms. The number of hydrazone groups is 1. The SMILES string of the molecule is CSC(=S)N/N=C(\C)c1ccc(OCc2ccc(F)c(F)c2)cc1. The maximum atomic E-state index is 13.1. The van der Waals surface area contributed by atoms with Crippen LogP contribution in [0, 0.1) is 11.6 Å². The highest BCUT2D eigenvalue weighted by Crippen LogP contribution is 2.16. The van der Waals surface area contributed by atoms with E-state index in [9.17, 15) is 8.78 Å². The monoisotopic (exact) mass is 366 g/mol. The molecule has 0 radical (unpaired) electrons. The Morgan fingerprint density at radius 2 is 1.88 bits per heavy atom. The van der Waals surface area contributed by atoms with Gasteiger partial charge in [0, 0.05) is 0 Å². The zero-order chi connectivity index (χ0) is 17.5. The number of thiocarbonyl (C=S) groups is 1. The molecule has 0 heterocycles. The van der Waals surface area contributed by atoms with Crippen molar-refractivity contribution in [3.05, 3.63) is 65.2 Å². The van der Waals surface area contributed by atoms with E-state index in [1.807, 2.05) is 25.3 Å². The van der Waals surface area contributed by atoms with Crippen LogP contribution in [0.3, 0.4) is 0 Å². The molecule has 0 amide bonds. The summed E-state index contributed by atoms with van der Waals surface area (Å²) in [6, 6.07) is 11.0. The summed E-state index contributed by atoms with van der Waals surface area (Å²) in [4.78, 5) is 0. The maximum Gasteiger partial charge on any atom is 0.159 e. The first-order chi connectivity index (χ1) is 11.5. The van der Waals surface area contributed by atoms with Crippen molar-refractivity contribution < 1.29 is 13.5 Å². The second-order valence-corrected chi connectivity index (χ2v) is 6.35. The third kappa shape index (κ3) is 5.28. The van der Waals surface area contributed by atoms with Crippen LogP contribution in [0.15, 0.2) is 47.6 Å². The number of halogens is 2. The number of ether oxygens (including phenoxy) is 1. The van der Waals surface area contributed by atoms with E-state index in [1.165, 1.54) is 17.8 Å². The van der Waals surface area contributed by atoms with Crippen LogP contribution in [-0.4, -0.2) is 16.3 Å². The van der Waals surface area contributed by atoms with E-state index in [0.717, 1.165) is 23.4 Å². The summed E-state index contributed by atoms with van der Waals surface area (Å²) in [7, 11) is 0. The Morgan fingerprint density at radius 1 is 1.17 bits per heavy atom. The predicted molar refractivity (Wildman–Crippen MR) is 98.6 cm³/mol. The molecule has 0 fully saturated rings. The van der Waals surface area contributed by atoms with Crippen LogP contribution in [0.5, 0.6) is 5.75 Å². The maximum absolute atomic E-state index is 13.1. The summed E-state index contributed by atoms with van der Waals surface area (Å²) in [5, 5.41) is 4.19. The van der Waals surface area contributed by atoms with Gasteiger partial charge in [-0.1, -0.05) is 30.0 Å². The van der Waals surface area contributed by atoms with Crippen LogP contribution < -0.4 is 10.2 Å². The van der Waals surface area contributed by atoms with E-state index in [-0.39, 0.29) is 6.61 Å². The molecule has 0 aliphatic carbocycles. The quantitative estimate of drug-likeness (QED) is 0.480. The van der Waals surface area contributed by atoms with Crippen LogP contribution in [0.1, 0.15) is 18.1 Å². The molecule has 0 saturated heterocycles. The molecule has 3 nitrogen and oxygen atoms in total. The zero-order valence-corrected chi connectivity index (χ0v) is 14.8. The average molecular weight is 366 g/mol. The highest BCUT2D eigenvalue weighted by Gasteiger charge is 2.04. The second-order valence-electron chi connectivity index (χ2n) is 4.86. The van der Waals surface area contributed by atoms with Gasteiger partial charge in [-0.15, -0.1) is 0 Å². The molecular weight excluding hydrogens is 350 g/mol. The number of thioether (sulfide) groups is 1. The van der Waals surface area contributed by atoms with Gasteiger partial charge in [0.1, 0.15) is 12.4 Å². The van der Waals surface area contributed by atoms with Crippen molar-refractivity contribution in [2.45, 2.75) is 13.5 Å². The van der Waals surface area contributed by atoms with E-state index in [2.05, 4.69) is 10.5 Å². The lowest BCUT2D eigenvalue weighted by Gasteiger charge is -2.08. The molecule has 0 saturated carbocycles. The first kappa shape index (κ1) is 18.4. The zero-order valence-electron chi connectivity index (χ0n) is 13.2. The third-order valence-electron chi connectivity index (χ3n) is 3.16. The Hall–Kier alpha value is -1.99. The van der Waals surface area contributed by atoms with Crippen molar-refractivity contribution in [2.75, 3.05) is 6.26 Å². The standard InChI is InChI=1S/C17H16F2N2OS2/c1-11(20-21-17(23)24-2)13-4-6-14(7-5-13)22-10-12-3-8-15(18)16(19)9-12/h3-9H,10H2,1-2H3,(H,21,23)/b20-11+. The van der Waals surface area contributed by atoms with E-state index in [0.29, 0.717) is 15.6 Å². The van der Waals surface area contributed by atoms with Crippen LogP contribution in [0.2, 0.25) is 0 Å². The summed E-state index contributed by atoms with van der Waals surface area (Å²) in [5.41, 5.74) is 5.06. The van der Waals surface area contributed by atoms with Crippen molar-refractivity contribution in [3.63, 3.8) is 0 Å². The van der Waals surface area contributed by atoms with Crippen LogP contribution in [-0.2, 0) is 6.61 Å². The summed E-state index contributed by atoms with van der Waals surface area (Å²) in [5.74, 6) is -1.12. The fourth-order valence-electron chi connectivity index (χ4n) is 1.83. The lowest BCUT2D eigenvalue weighted by molar-refractivity contribution is 0.305. The van der Waals surface area contributed by atoms with Gasteiger partial charge in [-0.25, -0.2) is 8.78 Å². The van der Waals surface area contributed by atoms with Crippen LogP contribution >= 0.6 is 24.0 Å². The Morgan fingerprint density at radius 3 is 2.50 bits per heavy atom. The average Bonchev–Trinajstić information content (AvgIpc) is 2.60. The highest BCUT2D eigenvalue weighted by molar-refractivity contribution is 8.22. The van der Waals surface area contributed by atoms with Gasteiger partial charge in [0.25, 0.3) is 0 Å². The molecule has 2 aromatic carbocycles. The molecule has 7 heteroatoms. The van der Waals surface area contributed by atoms with Gasteiger partial charge < -0.3 is 4.74 Å². The molecule has 0 unspecified atom stereocenters. The fraction of sp³-hybridized carbons (Fsp3) is 0.176. The Bertz CT molecular complexity index is 749. The predicted octanol–water partition coefficient (Wildman–Crippen LogP) is 4.51. The molecule has 0 atom stereocenters. The smallest absolute Gasteiger partial charge is 0.159 e. The van der Waals surface area contributed by atoms with Gasteiger partial charge in [0.15, 0.2) is 16.0 Å². The van der Waals surface area contributed by atoms with Crippen molar-refractivity contribution in [1.82, 2.24) is 5.43 Å². The molecule has 24 heavy (non-hydrogen) atoms. The molecule has 0 aromatic heterocycles. The lowest BCUT2D eigenvalue weighted by atomic mass is 10.1. The first-order valence-electron chi connectivity index (χ1n) is 7.05. The molecular formula is C17H16F2N2OS2. The normalized spacial score (nSPS) is 11.2. The van der Waals surface area contributed by atoms with Gasteiger partial charge in [-0.3, -0.25) is 5.43 Å². The first-order valence-corrected chi connectivity index (χ1v) is 8.68. The third-order valence-corrected chi connectivity index (χ3v) is 4.22. The summed E-state index contributed by atoms with van der Waals surface area (Å²) >= 11 is 6.43. The minimum Gasteiger partial charge on any atom is -0.489 e. The van der Waals surface area contributed by atoms with E-state index >= 15 is 0 Å². The topological polar surface area (TPSA) is 33.6 Å². The number of rotatable bonds is 5. The van der Waals surface area contributed by atoms with Gasteiger partial charge >= 0.3 is 0 Å². The van der Waals surface area contributed by atoms with Crippen molar-refractivity contribution in [3.8, 4) is 5.75 Å². The Kier molecular flexibility index (Phi) is 6.69. The van der Waals surface area contributed by atoms with E-state index in [4.69, 9.17) is 17.0 Å². The minimum atomic E-state index is -0.881. The largest absolute Gasteiger partial charge is 0.489 e. The molecule has 0 aliphatic heterocycles. The summed E-state index contributed by atoms with van der Waals surface area (Å²) in [6.45, 7) is 2.03. The lowest BCUT2D eigenvalue weighted by Crippen LogP contribution is -2.13. The fourth-order valence-corrected chi connectivity index (χ4v) is 2.01. The van der Waals surface area contributed by atoms with Gasteiger partial charge in [0.05, 0.1) is 5.71 Å². The minimum absolute atomic E-state index is 0.160. The van der Waals surface area contributed by atoms with E-state index in [1.54, 1.807) is 12.1 Å². The van der Waals surface area contributed by atoms with Gasteiger partial charge in [0.2, 0.25) is 0 Å². The second kappa shape index (κ2) is 8.75. The number of nitrogens with zero attached hydrogens (tertiary/aromatic N) is 1.